The van der Waals surface area contributed by atoms with Crippen molar-refractivity contribution < 1.29 is 18.3 Å². The Morgan fingerprint density at radius 1 is 1.07 bits per heavy atom. The minimum Gasteiger partial charge on any atom is -0.503 e. The van der Waals surface area contributed by atoms with Crippen LogP contribution >= 0.6 is 15.9 Å². The molecule has 0 atom stereocenters. The summed E-state index contributed by atoms with van der Waals surface area (Å²) in [5, 5.41) is 9.89. The summed E-state index contributed by atoms with van der Waals surface area (Å²) in [6.07, 6.45) is 1.57. The molecule has 6 nitrogen and oxygen atoms in total. The van der Waals surface area contributed by atoms with Crippen molar-refractivity contribution in [1.29, 1.82) is 0 Å². The lowest BCUT2D eigenvalue weighted by molar-refractivity contribution is 0.372. The Hall–Kier alpha value is -2.84. The molecule has 0 radical (unpaired) electrons. The van der Waals surface area contributed by atoms with E-state index >= 15 is 0 Å². The summed E-state index contributed by atoms with van der Waals surface area (Å²) >= 11 is 3.26. The van der Waals surface area contributed by atoms with E-state index in [1.807, 2.05) is 6.07 Å². The van der Waals surface area contributed by atoms with E-state index in [-0.39, 0.29) is 10.6 Å². The Morgan fingerprint density at radius 3 is 2.48 bits per heavy atom. The Balaban J connectivity index is 1.90. The zero-order valence-corrected chi connectivity index (χ0v) is 18.2. The first-order valence-electron chi connectivity index (χ1n) is 8.57. The number of halogens is 1. The molecule has 0 bridgehead atoms. The van der Waals surface area contributed by atoms with Gasteiger partial charge in [-0.15, -0.1) is 0 Å². The monoisotopic (exact) mass is 474 g/mol. The number of nitrogens with zero attached hydrogens (tertiary/aromatic N) is 2. The van der Waals surface area contributed by atoms with Crippen LogP contribution < -0.4 is 9.04 Å². The number of hydrogen-bond donors (Lipinski definition) is 1. The van der Waals surface area contributed by atoms with Gasteiger partial charge in [-0.3, -0.25) is 9.30 Å². The van der Waals surface area contributed by atoms with Gasteiger partial charge < -0.3 is 9.84 Å². The molecule has 0 saturated carbocycles. The fourth-order valence-electron chi connectivity index (χ4n) is 2.63. The molecule has 0 saturated heterocycles. The molecule has 150 valence electrons. The van der Waals surface area contributed by atoms with E-state index in [0.29, 0.717) is 27.2 Å². The number of ether oxygens (including phenoxy) is 1. The normalized spacial score (nSPS) is 11.6. The van der Waals surface area contributed by atoms with Crippen LogP contribution in [0.5, 0.6) is 11.5 Å². The number of methoxy groups -OCH3 is 1. The maximum absolute atomic E-state index is 12.9. The fraction of sp³-hybridized carbons (Fsp3) is 0.0952. The molecule has 0 aliphatic rings. The fourth-order valence-corrected chi connectivity index (χ4v) is 4.33. The molecule has 0 amide bonds. The van der Waals surface area contributed by atoms with E-state index in [9.17, 15) is 13.5 Å². The highest BCUT2D eigenvalue weighted by Crippen LogP contribution is 2.35. The van der Waals surface area contributed by atoms with Gasteiger partial charge in [0, 0.05) is 13.3 Å². The van der Waals surface area contributed by atoms with Crippen molar-refractivity contribution in [3.8, 4) is 11.5 Å². The molecule has 0 aliphatic heterocycles. The van der Waals surface area contributed by atoms with Crippen molar-refractivity contribution in [3.05, 3.63) is 76.8 Å². The third-order valence-corrected chi connectivity index (χ3v) is 6.62. The molecule has 3 aromatic rings. The van der Waals surface area contributed by atoms with E-state index in [4.69, 9.17) is 4.74 Å². The first-order valence-corrected chi connectivity index (χ1v) is 10.8. The average Bonchev–Trinajstić information content (AvgIpc) is 2.74. The van der Waals surface area contributed by atoms with Gasteiger partial charge in [0.25, 0.3) is 10.0 Å². The zero-order chi connectivity index (χ0) is 21.0. The number of aliphatic imine (C=N–C) groups is 1. The molecule has 8 heteroatoms. The van der Waals surface area contributed by atoms with Crippen molar-refractivity contribution >= 4 is 43.5 Å². The number of aromatic hydroxyl groups is 1. The van der Waals surface area contributed by atoms with Crippen molar-refractivity contribution in [2.75, 3.05) is 18.5 Å². The van der Waals surface area contributed by atoms with Gasteiger partial charge in [-0.2, -0.15) is 0 Å². The molecule has 1 N–H and O–H groups in total. The van der Waals surface area contributed by atoms with Crippen LogP contribution in [-0.2, 0) is 10.0 Å². The lowest BCUT2D eigenvalue weighted by Crippen LogP contribution is -2.26. The quantitative estimate of drug-likeness (QED) is 0.523. The second-order valence-corrected chi connectivity index (χ2v) is 8.94. The molecule has 0 heterocycles. The van der Waals surface area contributed by atoms with E-state index in [2.05, 4.69) is 20.9 Å². The second kappa shape index (κ2) is 8.67. The third kappa shape index (κ3) is 4.60. The predicted molar refractivity (Wildman–Crippen MR) is 118 cm³/mol. The number of anilines is 1. The first-order chi connectivity index (χ1) is 13.8. The van der Waals surface area contributed by atoms with Crippen LogP contribution in [0.4, 0.5) is 11.4 Å². The molecule has 0 aromatic heterocycles. The summed E-state index contributed by atoms with van der Waals surface area (Å²) < 4.78 is 32.7. The van der Waals surface area contributed by atoms with Gasteiger partial charge in [-0.25, -0.2) is 8.42 Å². The van der Waals surface area contributed by atoms with Gasteiger partial charge in [-0.05, 0) is 64.0 Å². The summed E-state index contributed by atoms with van der Waals surface area (Å²) in [5.74, 6) is 0.309. The minimum absolute atomic E-state index is 0.00156. The second-order valence-electron chi connectivity index (χ2n) is 6.12. The molecule has 3 aromatic carbocycles. The number of para-hydroxylation sites is 1. The topological polar surface area (TPSA) is 79.2 Å². The average molecular weight is 475 g/mol. The molecule has 29 heavy (non-hydrogen) atoms. The molecule has 3 rings (SSSR count). The number of phenolic OH excluding ortho intramolecular Hbond substituents is 1. The largest absolute Gasteiger partial charge is 0.503 e. The van der Waals surface area contributed by atoms with Gasteiger partial charge in [0.15, 0.2) is 11.5 Å². The van der Waals surface area contributed by atoms with Crippen LogP contribution in [0.15, 0.2) is 81.1 Å². The number of phenols is 1. The van der Waals surface area contributed by atoms with Crippen LogP contribution in [0.1, 0.15) is 5.56 Å². The molecular weight excluding hydrogens is 456 g/mol. The number of benzene rings is 3. The van der Waals surface area contributed by atoms with Gasteiger partial charge in [-0.1, -0.05) is 24.3 Å². The molecule has 0 aliphatic carbocycles. The van der Waals surface area contributed by atoms with Gasteiger partial charge in [0.2, 0.25) is 0 Å². The maximum Gasteiger partial charge on any atom is 0.264 e. The summed E-state index contributed by atoms with van der Waals surface area (Å²) in [4.78, 5) is 4.50. The number of sulfonamides is 1. The van der Waals surface area contributed by atoms with Crippen LogP contribution in [-0.4, -0.2) is 33.9 Å². The molecule has 0 unspecified atom stereocenters. The van der Waals surface area contributed by atoms with Crippen LogP contribution in [0.25, 0.3) is 0 Å². The highest BCUT2D eigenvalue weighted by molar-refractivity contribution is 9.10. The minimum atomic E-state index is -3.72. The highest BCUT2D eigenvalue weighted by Gasteiger charge is 2.21. The van der Waals surface area contributed by atoms with E-state index in [1.54, 1.807) is 54.7 Å². The Morgan fingerprint density at radius 2 is 1.79 bits per heavy atom. The standard InChI is InChI=1S/C21H19BrN2O4S/c1-24(17-8-4-3-5-9-17)29(26,27)18-10-6-7-16(13-18)23-14-15-11-19(22)21(25)20(12-15)28-2/h3-14,25H,1-2H3. The predicted octanol–water partition coefficient (Wildman–Crippen LogP) is 4.74. The summed E-state index contributed by atoms with van der Waals surface area (Å²) in [6, 6.07) is 18.6. The summed E-state index contributed by atoms with van der Waals surface area (Å²) in [6.45, 7) is 0. The zero-order valence-electron chi connectivity index (χ0n) is 15.8. The molecule has 0 spiro atoms. The third-order valence-electron chi connectivity index (χ3n) is 4.23. The van der Waals surface area contributed by atoms with E-state index < -0.39 is 10.0 Å². The highest BCUT2D eigenvalue weighted by atomic mass is 79.9. The Labute approximate surface area is 178 Å². The van der Waals surface area contributed by atoms with Crippen LogP contribution in [0.3, 0.4) is 0 Å². The van der Waals surface area contributed by atoms with Crippen molar-refractivity contribution in [2.45, 2.75) is 4.90 Å². The van der Waals surface area contributed by atoms with Gasteiger partial charge >= 0.3 is 0 Å². The molecule has 0 fully saturated rings. The lowest BCUT2D eigenvalue weighted by atomic mass is 10.2. The first kappa shape index (κ1) is 20.9. The van der Waals surface area contributed by atoms with Gasteiger partial charge in [0.05, 0.1) is 27.9 Å². The van der Waals surface area contributed by atoms with E-state index in [0.717, 1.165) is 0 Å². The summed E-state index contributed by atoms with van der Waals surface area (Å²) in [7, 11) is -0.749. The van der Waals surface area contributed by atoms with Crippen molar-refractivity contribution in [3.63, 3.8) is 0 Å². The summed E-state index contributed by atoms with van der Waals surface area (Å²) in [5.41, 5.74) is 1.74. The van der Waals surface area contributed by atoms with Crippen LogP contribution in [0.2, 0.25) is 0 Å². The lowest BCUT2D eigenvalue weighted by Gasteiger charge is -2.19. The molecular formula is C21H19BrN2O4S. The van der Waals surface area contributed by atoms with Crippen molar-refractivity contribution in [1.82, 2.24) is 0 Å². The smallest absolute Gasteiger partial charge is 0.264 e. The number of rotatable bonds is 6. The van der Waals surface area contributed by atoms with Crippen LogP contribution in [0, 0.1) is 0 Å². The maximum atomic E-state index is 12.9. The Bertz CT molecular complexity index is 1150. The van der Waals surface area contributed by atoms with E-state index in [1.165, 1.54) is 30.6 Å². The van der Waals surface area contributed by atoms with Gasteiger partial charge in [0.1, 0.15) is 0 Å². The SMILES string of the molecule is COc1cc(C=Nc2cccc(S(=O)(=O)N(C)c3ccccc3)c2)cc(Br)c1O. The Kier molecular flexibility index (Phi) is 6.24. The van der Waals surface area contributed by atoms with Crippen molar-refractivity contribution in [2.24, 2.45) is 4.99 Å². The number of hydrogen-bond acceptors (Lipinski definition) is 5.